The number of hydrogen-bond donors (Lipinski definition) is 3. The normalized spacial score (nSPS) is 16.2. The third-order valence-corrected chi connectivity index (χ3v) is 5.41. The van der Waals surface area contributed by atoms with Crippen molar-refractivity contribution >= 4 is 17.8 Å². The summed E-state index contributed by atoms with van der Waals surface area (Å²) in [7, 11) is 0. The van der Waals surface area contributed by atoms with Crippen LogP contribution in [0.4, 0.5) is 0 Å². The van der Waals surface area contributed by atoms with E-state index in [9.17, 15) is 9.59 Å². The fraction of sp³-hybridized carbons (Fsp3) is 0.857. The molecule has 0 saturated carbocycles. The van der Waals surface area contributed by atoms with E-state index in [1.54, 1.807) is 0 Å². The van der Waals surface area contributed by atoms with Gasteiger partial charge in [-0.3, -0.25) is 14.6 Å². The molecule has 0 spiro atoms. The van der Waals surface area contributed by atoms with E-state index in [1.807, 2.05) is 32.6 Å². The molecule has 0 aliphatic carbocycles. The highest BCUT2D eigenvalue weighted by atomic mass is 16.2. The van der Waals surface area contributed by atoms with Crippen LogP contribution in [0.3, 0.4) is 0 Å². The Morgan fingerprint density at radius 1 is 1.04 bits per heavy atom. The van der Waals surface area contributed by atoms with Gasteiger partial charge in [-0.25, -0.2) is 0 Å². The molecule has 0 unspecified atom stereocenters. The molecule has 1 saturated heterocycles. The summed E-state index contributed by atoms with van der Waals surface area (Å²) in [6.45, 7) is 15.3. The number of carbonyl (C=O) groups is 2. The largest absolute Gasteiger partial charge is 0.357 e. The molecule has 1 heterocycles. The summed E-state index contributed by atoms with van der Waals surface area (Å²) in [5.41, 5.74) is -0.552. The second kappa shape index (κ2) is 11.9. The van der Waals surface area contributed by atoms with Crippen LogP contribution < -0.4 is 16.0 Å². The zero-order chi connectivity index (χ0) is 21.2. The average Bonchev–Trinajstić information content (AvgIpc) is 2.68. The van der Waals surface area contributed by atoms with E-state index in [0.717, 1.165) is 51.3 Å². The molecule has 0 aromatic carbocycles. The summed E-state index contributed by atoms with van der Waals surface area (Å²) in [5.74, 6) is 1.21. The second-order valence-electron chi connectivity index (χ2n) is 8.20. The van der Waals surface area contributed by atoms with Crippen molar-refractivity contribution in [1.82, 2.24) is 20.9 Å². The van der Waals surface area contributed by atoms with Crippen LogP contribution in [-0.4, -0.2) is 61.4 Å². The number of guanidine groups is 1. The zero-order valence-corrected chi connectivity index (χ0v) is 18.7. The van der Waals surface area contributed by atoms with Gasteiger partial charge in [-0.2, -0.15) is 0 Å². The maximum Gasteiger partial charge on any atom is 0.227 e. The maximum absolute atomic E-state index is 12.6. The van der Waals surface area contributed by atoms with Crippen molar-refractivity contribution in [2.75, 3.05) is 32.7 Å². The van der Waals surface area contributed by atoms with Crippen LogP contribution in [0.25, 0.3) is 0 Å². The van der Waals surface area contributed by atoms with Gasteiger partial charge in [-0.15, -0.1) is 0 Å². The molecule has 0 atom stereocenters. The zero-order valence-electron chi connectivity index (χ0n) is 18.7. The first-order chi connectivity index (χ1) is 13.3. The Bertz CT molecular complexity index is 521. The predicted molar refractivity (Wildman–Crippen MR) is 115 cm³/mol. The van der Waals surface area contributed by atoms with Crippen molar-refractivity contribution in [2.24, 2.45) is 16.3 Å². The minimum absolute atomic E-state index is 0.0165. The van der Waals surface area contributed by atoms with Crippen molar-refractivity contribution in [1.29, 1.82) is 0 Å². The van der Waals surface area contributed by atoms with Gasteiger partial charge in [0.2, 0.25) is 11.8 Å². The Labute approximate surface area is 171 Å². The molecule has 1 rings (SSSR count). The highest BCUT2D eigenvalue weighted by Gasteiger charge is 2.28. The van der Waals surface area contributed by atoms with Crippen LogP contribution in [0.15, 0.2) is 4.99 Å². The SMILES string of the molecule is CCNC(=O)C(C)(C)CN=C(NCC)NC1CCN(C(=O)C(CC)CC)CC1. The molecule has 3 N–H and O–H groups in total. The van der Waals surface area contributed by atoms with Crippen LogP contribution in [0.2, 0.25) is 0 Å². The summed E-state index contributed by atoms with van der Waals surface area (Å²) >= 11 is 0. The van der Waals surface area contributed by atoms with E-state index >= 15 is 0 Å². The maximum atomic E-state index is 12.6. The molecule has 2 amide bonds. The van der Waals surface area contributed by atoms with Gasteiger partial charge in [0.1, 0.15) is 0 Å². The van der Waals surface area contributed by atoms with Gasteiger partial charge in [0.15, 0.2) is 5.96 Å². The van der Waals surface area contributed by atoms with E-state index in [2.05, 4.69) is 34.8 Å². The van der Waals surface area contributed by atoms with Gasteiger partial charge in [-0.1, -0.05) is 13.8 Å². The molecule has 7 nitrogen and oxygen atoms in total. The van der Waals surface area contributed by atoms with E-state index in [4.69, 9.17) is 0 Å². The van der Waals surface area contributed by atoms with Gasteiger partial charge in [0.25, 0.3) is 0 Å². The topological polar surface area (TPSA) is 85.8 Å². The Balaban J connectivity index is 2.61. The van der Waals surface area contributed by atoms with Crippen molar-refractivity contribution in [3.05, 3.63) is 0 Å². The lowest BCUT2D eigenvalue weighted by Crippen LogP contribution is -2.51. The monoisotopic (exact) mass is 395 g/mol. The van der Waals surface area contributed by atoms with Crippen molar-refractivity contribution in [3.63, 3.8) is 0 Å². The Kier molecular flexibility index (Phi) is 10.3. The van der Waals surface area contributed by atoms with E-state index in [0.29, 0.717) is 19.0 Å². The molecule has 0 aromatic rings. The summed E-state index contributed by atoms with van der Waals surface area (Å²) in [4.78, 5) is 31.4. The molecule has 0 bridgehead atoms. The van der Waals surface area contributed by atoms with Gasteiger partial charge in [0, 0.05) is 38.1 Å². The molecule has 162 valence electrons. The number of piperidine rings is 1. The predicted octanol–water partition coefficient (Wildman–Crippen LogP) is 2.13. The molecule has 1 aliphatic rings. The molecular formula is C21H41N5O2. The van der Waals surface area contributed by atoms with Gasteiger partial charge < -0.3 is 20.9 Å². The Hall–Kier alpha value is -1.79. The number of likely N-dealkylation sites (tertiary alicyclic amines) is 1. The third-order valence-electron chi connectivity index (χ3n) is 5.41. The van der Waals surface area contributed by atoms with Crippen LogP contribution in [0, 0.1) is 11.3 Å². The second-order valence-corrected chi connectivity index (χ2v) is 8.20. The Morgan fingerprint density at radius 2 is 1.61 bits per heavy atom. The minimum atomic E-state index is -0.552. The number of rotatable bonds is 9. The van der Waals surface area contributed by atoms with E-state index < -0.39 is 5.41 Å². The molecule has 7 heteroatoms. The van der Waals surface area contributed by atoms with Crippen molar-refractivity contribution in [2.45, 2.75) is 73.3 Å². The highest BCUT2D eigenvalue weighted by Crippen LogP contribution is 2.18. The summed E-state index contributed by atoms with van der Waals surface area (Å²) in [5, 5.41) is 9.63. The number of amides is 2. The third kappa shape index (κ3) is 7.32. The van der Waals surface area contributed by atoms with E-state index in [-0.39, 0.29) is 17.9 Å². The lowest BCUT2D eigenvalue weighted by atomic mass is 9.92. The van der Waals surface area contributed by atoms with Gasteiger partial charge >= 0.3 is 0 Å². The first-order valence-corrected chi connectivity index (χ1v) is 10.9. The van der Waals surface area contributed by atoms with Crippen molar-refractivity contribution < 1.29 is 9.59 Å². The van der Waals surface area contributed by atoms with Gasteiger partial charge in [0.05, 0.1) is 12.0 Å². The molecule has 0 radical (unpaired) electrons. The number of hydrogen-bond acceptors (Lipinski definition) is 3. The average molecular weight is 396 g/mol. The fourth-order valence-corrected chi connectivity index (χ4v) is 3.40. The number of carbonyl (C=O) groups excluding carboxylic acids is 2. The summed E-state index contributed by atoms with van der Waals surface area (Å²) < 4.78 is 0. The quantitative estimate of drug-likeness (QED) is 0.412. The number of nitrogens with zero attached hydrogens (tertiary/aromatic N) is 2. The van der Waals surface area contributed by atoms with Crippen LogP contribution in [-0.2, 0) is 9.59 Å². The lowest BCUT2D eigenvalue weighted by molar-refractivity contribution is -0.136. The minimum Gasteiger partial charge on any atom is -0.357 e. The highest BCUT2D eigenvalue weighted by molar-refractivity contribution is 5.84. The molecule has 28 heavy (non-hydrogen) atoms. The number of nitrogens with one attached hydrogen (secondary N) is 3. The summed E-state index contributed by atoms with van der Waals surface area (Å²) in [6, 6.07) is 0.288. The van der Waals surface area contributed by atoms with E-state index in [1.165, 1.54) is 0 Å². The Morgan fingerprint density at radius 3 is 2.11 bits per heavy atom. The van der Waals surface area contributed by atoms with Crippen LogP contribution in [0.5, 0.6) is 0 Å². The first-order valence-electron chi connectivity index (χ1n) is 10.9. The van der Waals surface area contributed by atoms with Crippen LogP contribution >= 0.6 is 0 Å². The fourth-order valence-electron chi connectivity index (χ4n) is 3.40. The molecule has 0 aromatic heterocycles. The van der Waals surface area contributed by atoms with Crippen molar-refractivity contribution in [3.8, 4) is 0 Å². The summed E-state index contributed by atoms with van der Waals surface area (Å²) in [6.07, 6.45) is 3.64. The van der Waals surface area contributed by atoms with Crippen LogP contribution in [0.1, 0.15) is 67.2 Å². The smallest absolute Gasteiger partial charge is 0.227 e. The standard InChI is InChI=1S/C21H41N5O2/c1-7-16(8-2)18(27)26-13-11-17(12-14-26)25-20(23-10-4)24-15-21(5,6)19(28)22-9-3/h16-17H,7-15H2,1-6H3,(H,22,28)(H2,23,24,25). The molecular weight excluding hydrogens is 354 g/mol. The molecule has 1 fully saturated rings. The first kappa shape index (κ1) is 24.2. The molecule has 1 aliphatic heterocycles. The van der Waals surface area contributed by atoms with Gasteiger partial charge in [-0.05, 0) is 53.4 Å². The lowest BCUT2D eigenvalue weighted by Gasteiger charge is -2.35. The number of aliphatic imine (C=N–C) groups is 1.